The summed E-state index contributed by atoms with van der Waals surface area (Å²) in [5, 5.41) is 1.96. The van der Waals surface area contributed by atoms with E-state index in [1.807, 2.05) is 5.32 Å². The number of halogens is 5. The monoisotopic (exact) mass is 500 g/mol. The highest BCUT2D eigenvalue weighted by Crippen LogP contribution is 2.43. The van der Waals surface area contributed by atoms with E-state index in [0.29, 0.717) is 10.5 Å². The van der Waals surface area contributed by atoms with Gasteiger partial charge in [-0.15, -0.1) is 0 Å². The molecule has 4 rings (SSSR count). The molecular weight excluding hydrogens is 479 g/mol. The van der Waals surface area contributed by atoms with E-state index in [1.54, 1.807) is 10.6 Å². The lowest BCUT2D eigenvalue weighted by molar-refractivity contribution is -0.179. The van der Waals surface area contributed by atoms with Crippen LogP contribution in [0.4, 0.5) is 26.7 Å². The summed E-state index contributed by atoms with van der Waals surface area (Å²) in [6.07, 6.45) is 0.122. The number of carbonyl (C=O) groups is 1. The summed E-state index contributed by atoms with van der Waals surface area (Å²) in [6, 6.07) is -4.18. The Labute approximate surface area is 195 Å². The fourth-order valence-corrected chi connectivity index (χ4v) is 3.69. The fourth-order valence-electron chi connectivity index (χ4n) is 3.69. The summed E-state index contributed by atoms with van der Waals surface area (Å²) in [5.74, 6) is -2.89. The molecule has 1 unspecified atom stereocenters. The van der Waals surface area contributed by atoms with E-state index in [-0.39, 0.29) is 22.9 Å². The van der Waals surface area contributed by atoms with Crippen LogP contribution in [0.1, 0.15) is 25.1 Å². The minimum atomic E-state index is -4.96. The summed E-state index contributed by atoms with van der Waals surface area (Å²) in [6.45, 7) is 0.900. The Morgan fingerprint density at radius 3 is 2.60 bits per heavy atom. The van der Waals surface area contributed by atoms with Crippen molar-refractivity contribution in [1.29, 1.82) is 0 Å². The summed E-state index contributed by atoms with van der Waals surface area (Å²) >= 11 is 0. The molecule has 0 aromatic carbocycles. The largest absolute Gasteiger partial charge is 0.494 e. The van der Waals surface area contributed by atoms with Gasteiger partial charge < -0.3 is 24.1 Å². The van der Waals surface area contributed by atoms with Gasteiger partial charge in [0.2, 0.25) is 0 Å². The minimum absolute atomic E-state index is 0.119. The highest BCUT2D eigenvalue weighted by atomic mass is 19.4. The molecule has 1 saturated carbocycles. The van der Waals surface area contributed by atoms with Crippen LogP contribution in [-0.2, 0) is 0 Å². The van der Waals surface area contributed by atoms with Gasteiger partial charge in [0.1, 0.15) is 11.8 Å². The number of nitrogens with one attached hydrogen (secondary N) is 1. The highest BCUT2D eigenvalue weighted by molar-refractivity contribution is 5.76. The number of methoxy groups -OCH3 is 2. The lowest BCUT2D eigenvalue weighted by atomic mass is 10.1. The van der Waals surface area contributed by atoms with Gasteiger partial charge in [-0.2, -0.15) is 13.2 Å². The molecule has 0 bridgehead atoms. The van der Waals surface area contributed by atoms with Crippen LogP contribution in [-0.4, -0.2) is 69.2 Å². The number of ether oxygens (including phenoxy) is 2. The van der Waals surface area contributed by atoms with Crippen LogP contribution in [0.3, 0.4) is 0 Å². The second-order valence-corrected chi connectivity index (χ2v) is 7.80. The molecule has 3 aromatic rings. The van der Waals surface area contributed by atoms with Crippen molar-refractivity contribution in [2.24, 2.45) is 0 Å². The van der Waals surface area contributed by atoms with Gasteiger partial charge in [-0.25, -0.2) is 23.5 Å². The molecule has 1 aliphatic rings. The van der Waals surface area contributed by atoms with Gasteiger partial charge in [-0.05, 0) is 13.0 Å². The third-order valence-electron chi connectivity index (χ3n) is 5.55. The van der Waals surface area contributed by atoms with E-state index in [4.69, 9.17) is 9.47 Å². The van der Waals surface area contributed by atoms with E-state index < -0.39 is 48.9 Å². The van der Waals surface area contributed by atoms with E-state index >= 15 is 0 Å². The highest BCUT2D eigenvalue weighted by Gasteiger charge is 2.59. The molecule has 9 nitrogen and oxygen atoms in total. The van der Waals surface area contributed by atoms with Crippen molar-refractivity contribution in [1.82, 2.24) is 29.6 Å². The Kier molecular flexibility index (Phi) is 6.15. The molecule has 1 N–H and O–H groups in total. The first-order valence-corrected chi connectivity index (χ1v) is 10.4. The van der Waals surface area contributed by atoms with Gasteiger partial charge >= 0.3 is 12.2 Å². The quantitative estimate of drug-likeness (QED) is 0.496. The van der Waals surface area contributed by atoms with E-state index in [1.165, 1.54) is 33.5 Å². The van der Waals surface area contributed by atoms with E-state index in [2.05, 4.69) is 15.0 Å². The molecule has 1 fully saturated rings. The lowest BCUT2D eigenvalue weighted by Crippen LogP contribution is -2.48. The average molecular weight is 500 g/mol. The zero-order valence-electron chi connectivity index (χ0n) is 18.8. The number of rotatable bonds is 7. The maximum atomic E-state index is 14.2. The number of hydrogen-bond donors (Lipinski definition) is 1. The zero-order valence-corrected chi connectivity index (χ0v) is 18.8. The molecule has 1 aliphatic carbocycles. The molecule has 3 heterocycles. The molecule has 35 heavy (non-hydrogen) atoms. The number of urea groups is 1. The number of amides is 2. The molecule has 188 valence electrons. The summed E-state index contributed by atoms with van der Waals surface area (Å²) in [5.41, 5.74) is 0.187. The molecule has 0 saturated heterocycles. The third kappa shape index (κ3) is 4.64. The molecule has 0 radical (unpaired) electrons. The average Bonchev–Trinajstić information content (AvgIpc) is 3.18. The van der Waals surface area contributed by atoms with E-state index in [0.717, 1.165) is 12.3 Å². The first-order valence-electron chi connectivity index (χ1n) is 10.4. The van der Waals surface area contributed by atoms with Crippen molar-refractivity contribution in [3.05, 3.63) is 36.5 Å². The van der Waals surface area contributed by atoms with Gasteiger partial charge in [0, 0.05) is 37.1 Å². The first kappa shape index (κ1) is 24.4. The molecular formula is C21H21F5N6O3. The van der Waals surface area contributed by atoms with Crippen molar-refractivity contribution < 1.29 is 36.2 Å². The normalized spacial score (nSPS) is 17.7. The fraction of sp³-hybridized carbons (Fsp3) is 0.429. The number of fused-ring (bicyclic) bond motifs is 1. The van der Waals surface area contributed by atoms with Crippen LogP contribution in [0, 0.1) is 0 Å². The summed E-state index contributed by atoms with van der Waals surface area (Å²) < 4.78 is 81.3. The van der Waals surface area contributed by atoms with Crippen LogP contribution in [0.15, 0.2) is 30.9 Å². The molecule has 3 aromatic heterocycles. The first-order chi connectivity index (χ1) is 16.5. The lowest BCUT2D eigenvalue weighted by Gasteiger charge is -2.32. The molecule has 0 aliphatic heterocycles. The van der Waals surface area contributed by atoms with Crippen molar-refractivity contribution in [3.8, 4) is 22.9 Å². The summed E-state index contributed by atoms with van der Waals surface area (Å²) in [7, 11) is 2.69. The smallest absolute Gasteiger partial charge is 0.414 e. The van der Waals surface area contributed by atoms with Gasteiger partial charge in [0.05, 0.1) is 31.8 Å². The number of imidazole rings is 1. The molecule has 2 atom stereocenters. The van der Waals surface area contributed by atoms with Gasteiger partial charge in [-0.1, -0.05) is 0 Å². The van der Waals surface area contributed by atoms with Crippen molar-refractivity contribution in [2.75, 3.05) is 20.8 Å². The van der Waals surface area contributed by atoms with Crippen LogP contribution in [0.5, 0.6) is 11.6 Å². The van der Waals surface area contributed by atoms with Crippen molar-refractivity contribution in [2.45, 2.75) is 37.5 Å². The predicted octanol–water partition coefficient (Wildman–Crippen LogP) is 3.85. The predicted molar refractivity (Wildman–Crippen MR) is 112 cm³/mol. The second kappa shape index (κ2) is 8.82. The molecule has 0 spiro atoms. The number of aromatic nitrogens is 4. The molecule has 14 heteroatoms. The number of carbonyl (C=O) groups excluding carboxylic acids is 1. The van der Waals surface area contributed by atoms with Gasteiger partial charge in [0.25, 0.3) is 11.8 Å². The van der Waals surface area contributed by atoms with Crippen molar-refractivity contribution >= 4 is 11.7 Å². The number of alkyl halides is 5. The number of nitrogens with zero attached hydrogens (tertiary/aromatic N) is 5. The van der Waals surface area contributed by atoms with Crippen molar-refractivity contribution in [3.63, 3.8) is 0 Å². The van der Waals surface area contributed by atoms with Gasteiger partial charge in [-0.3, -0.25) is 4.98 Å². The summed E-state index contributed by atoms with van der Waals surface area (Å²) in [4.78, 5) is 25.3. The maximum absolute atomic E-state index is 14.2. The Balaban J connectivity index is 1.78. The Hall–Kier alpha value is -3.71. The Bertz CT molecular complexity index is 1250. The standard InChI is InChI=1S/C21H21F5N6O3/c1-4-32(19(33)30-15-8-20(15,22)23)16(21(24,25)26)12-7-11(14(34-2)9-28-12)13-10-31-6-5-27-17(31)18(29-13)35-3/h5-7,9-10,15-16H,4,8H2,1-3H3,(H,30,33)/t15?,16-/m0/s1. The SMILES string of the molecule is CCN(C(=O)NC1CC1(F)F)[C@@H](c1cc(-c2cn3ccnc3c(OC)n2)c(OC)cn1)C(F)(F)F. The van der Waals surface area contributed by atoms with Crippen LogP contribution in [0.2, 0.25) is 0 Å². The minimum Gasteiger partial charge on any atom is -0.494 e. The van der Waals surface area contributed by atoms with Gasteiger partial charge in [0.15, 0.2) is 11.7 Å². The maximum Gasteiger partial charge on any atom is 0.414 e. The Morgan fingerprint density at radius 1 is 1.31 bits per heavy atom. The topological polar surface area (TPSA) is 93.9 Å². The number of pyridine rings is 1. The second-order valence-electron chi connectivity index (χ2n) is 7.80. The Morgan fingerprint density at radius 2 is 2.03 bits per heavy atom. The zero-order chi connectivity index (χ0) is 25.5. The van der Waals surface area contributed by atoms with Crippen LogP contribution in [0.25, 0.3) is 16.9 Å². The number of hydrogen-bond acceptors (Lipinski definition) is 6. The van der Waals surface area contributed by atoms with Crippen LogP contribution < -0.4 is 14.8 Å². The third-order valence-corrected chi connectivity index (χ3v) is 5.55. The van der Waals surface area contributed by atoms with E-state index in [9.17, 15) is 26.7 Å². The molecule has 2 amide bonds. The van der Waals surface area contributed by atoms with Crippen LogP contribution >= 0.6 is 0 Å².